The molecule has 2 aromatic heterocycles. The summed E-state index contributed by atoms with van der Waals surface area (Å²) >= 11 is 0. The average molecular weight is 329 g/mol. The number of nitrogens with one attached hydrogen (secondary N) is 1. The van der Waals surface area contributed by atoms with Crippen LogP contribution >= 0.6 is 0 Å². The number of aliphatic hydroxyl groups is 1. The Morgan fingerprint density at radius 1 is 1.50 bits per heavy atom. The number of nitrogens with zero attached hydrogens (tertiary/aromatic N) is 2. The van der Waals surface area contributed by atoms with Crippen LogP contribution in [0.2, 0.25) is 0 Å². The number of pyridine rings is 1. The van der Waals surface area contributed by atoms with Crippen molar-refractivity contribution in [2.24, 2.45) is 4.99 Å². The monoisotopic (exact) mass is 329 g/mol. The first-order valence-electron chi connectivity index (χ1n) is 7.19. The quantitative estimate of drug-likeness (QED) is 0.661. The minimum Gasteiger partial charge on any atom is -0.504 e. The van der Waals surface area contributed by atoms with Crippen molar-refractivity contribution in [1.82, 2.24) is 4.98 Å². The molecule has 0 amide bonds. The number of aromatic hydroxyl groups is 1. The van der Waals surface area contributed by atoms with Crippen LogP contribution in [0.25, 0.3) is 11.6 Å². The Hall–Kier alpha value is -3.13. The fourth-order valence-electron chi connectivity index (χ4n) is 2.29. The lowest BCUT2D eigenvalue weighted by atomic mass is 10.1. The number of anilines is 1. The highest BCUT2D eigenvalue weighted by Crippen LogP contribution is 2.38. The smallest absolute Gasteiger partial charge is 0.345 e. The molecule has 1 aliphatic heterocycles. The Balaban J connectivity index is 2.04. The largest absolute Gasteiger partial charge is 0.504 e. The first-order valence-corrected chi connectivity index (χ1v) is 7.19. The molecule has 1 unspecified atom stereocenters. The zero-order chi connectivity index (χ0) is 17.3. The number of furan rings is 1. The Labute approximate surface area is 136 Å². The Morgan fingerprint density at radius 2 is 2.29 bits per heavy atom. The highest BCUT2D eigenvalue weighted by Gasteiger charge is 2.26. The predicted molar refractivity (Wildman–Crippen MR) is 87.8 cm³/mol. The summed E-state index contributed by atoms with van der Waals surface area (Å²) < 4.78 is 5.44. The second-order valence-corrected chi connectivity index (χ2v) is 5.28. The summed E-state index contributed by atoms with van der Waals surface area (Å²) in [6.45, 7) is 1.43. The van der Waals surface area contributed by atoms with E-state index in [1.165, 1.54) is 6.08 Å². The summed E-state index contributed by atoms with van der Waals surface area (Å²) in [5.74, 6) is -1.42. The summed E-state index contributed by atoms with van der Waals surface area (Å²) in [7, 11) is 0. The first kappa shape index (κ1) is 15.8. The van der Waals surface area contributed by atoms with Crippen molar-refractivity contribution in [2.45, 2.75) is 13.0 Å². The number of carbonyl (C=O) groups is 1. The van der Waals surface area contributed by atoms with E-state index in [-0.39, 0.29) is 23.8 Å². The molecule has 8 heteroatoms. The van der Waals surface area contributed by atoms with E-state index in [1.54, 1.807) is 25.4 Å². The fourth-order valence-corrected chi connectivity index (χ4v) is 2.29. The lowest BCUT2D eigenvalue weighted by Gasteiger charge is -2.09. The summed E-state index contributed by atoms with van der Waals surface area (Å²) in [6, 6.07) is 3.13. The number of hydrogen-bond acceptors (Lipinski definition) is 7. The highest BCUT2D eigenvalue weighted by atomic mass is 16.4. The van der Waals surface area contributed by atoms with Crippen molar-refractivity contribution < 1.29 is 24.5 Å². The van der Waals surface area contributed by atoms with Gasteiger partial charge in [-0.3, -0.25) is 0 Å². The third-order valence-electron chi connectivity index (χ3n) is 3.48. The standard InChI is InChI=1S/C16H15N3O5/c1-8(7-20)19-15-12(16(22)23)13(21)11(24-15)5-9-6-18-14-10(9)3-2-4-17-14/h2-6,8,19-21H,7H2,1H3,(H,22,23). The molecule has 2 aromatic rings. The van der Waals surface area contributed by atoms with Crippen LogP contribution in [0.3, 0.4) is 0 Å². The van der Waals surface area contributed by atoms with Crippen LogP contribution in [0.1, 0.15) is 28.6 Å². The maximum atomic E-state index is 11.4. The van der Waals surface area contributed by atoms with Crippen molar-refractivity contribution in [3.8, 4) is 5.75 Å². The molecule has 0 saturated heterocycles. The van der Waals surface area contributed by atoms with Crippen LogP contribution in [0, 0.1) is 0 Å². The zero-order valence-electron chi connectivity index (χ0n) is 12.7. The molecule has 3 rings (SSSR count). The van der Waals surface area contributed by atoms with Gasteiger partial charge in [0.1, 0.15) is 0 Å². The molecule has 0 fully saturated rings. The van der Waals surface area contributed by atoms with Crippen LogP contribution < -0.4 is 5.32 Å². The van der Waals surface area contributed by atoms with E-state index in [0.29, 0.717) is 11.4 Å². The van der Waals surface area contributed by atoms with Crippen molar-refractivity contribution in [1.29, 1.82) is 0 Å². The van der Waals surface area contributed by atoms with E-state index in [4.69, 9.17) is 9.52 Å². The number of hydrogen-bond donors (Lipinski definition) is 4. The van der Waals surface area contributed by atoms with Crippen LogP contribution in [0.5, 0.6) is 5.75 Å². The third kappa shape index (κ3) is 2.74. The van der Waals surface area contributed by atoms with Gasteiger partial charge in [0.15, 0.2) is 22.9 Å². The minimum absolute atomic E-state index is 0.0156. The summed E-state index contributed by atoms with van der Waals surface area (Å²) in [4.78, 5) is 19.6. The molecule has 0 bridgehead atoms. The van der Waals surface area contributed by atoms with Gasteiger partial charge in [0.2, 0.25) is 5.88 Å². The van der Waals surface area contributed by atoms with Gasteiger partial charge in [0, 0.05) is 29.6 Å². The Morgan fingerprint density at radius 3 is 3.00 bits per heavy atom. The van der Waals surface area contributed by atoms with Gasteiger partial charge in [0.25, 0.3) is 0 Å². The maximum Gasteiger partial charge on any atom is 0.345 e. The van der Waals surface area contributed by atoms with E-state index >= 15 is 0 Å². The number of carboxylic acid groups (broad SMARTS) is 1. The van der Waals surface area contributed by atoms with E-state index in [2.05, 4.69) is 15.3 Å². The number of allylic oxidation sites excluding steroid dienone is 1. The Bertz CT molecular complexity index is 853. The molecule has 0 spiro atoms. The number of aromatic nitrogens is 1. The summed E-state index contributed by atoms with van der Waals surface area (Å²) in [6.07, 6.45) is 4.67. The third-order valence-corrected chi connectivity index (χ3v) is 3.48. The zero-order valence-corrected chi connectivity index (χ0v) is 12.7. The van der Waals surface area contributed by atoms with Gasteiger partial charge in [0.05, 0.1) is 6.61 Å². The molecule has 0 aliphatic carbocycles. The molecule has 24 heavy (non-hydrogen) atoms. The topological polar surface area (TPSA) is 128 Å². The fraction of sp³-hybridized carbons (Fsp3) is 0.188. The second kappa shape index (κ2) is 6.17. The van der Waals surface area contributed by atoms with Crippen LogP contribution in [0.15, 0.2) is 27.7 Å². The van der Waals surface area contributed by atoms with E-state index in [9.17, 15) is 15.0 Å². The lowest BCUT2D eigenvalue weighted by Crippen LogP contribution is -2.20. The van der Waals surface area contributed by atoms with E-state index in [0.717, 1.165) is 5.56 Å². The van der Waals surface area contributed by atoms with Gasteiger partial charge < -0.3 is 25.1 Å². The van der Waals surface area contributed by atoms with Crippen molar-refractivity contribution in [3.63, 3.8) is 0 Å². The Kier molecular flexibility index (Phi) is 4.05. The maximum absolute atomic E-state index is 11.4. The summed E-state index contributed by atoms with van der Waals surface area (Å²) in [5, 5.41) is 31.3. The van der Waals surface area contributed by atoms with E-state index in [1.807, 2.05) is 6.07 Å². The van der Waals surface area contributed by atoms with Crippen molar-refractivity contribution in [3.05, 3.63) is 35.2 Å². The second-order valence-electron chi connectivity index (χ2n) is 5.28. The normalized spacial score (nSPS) is 15.5. The van der Waals surface area contributed by atoms with Gasteiger partial charge in [-0.05, 0) is 25.1 Å². The number of aliphatic imine (C=N–C) groups is 1. The highest BCUT2D eigenvalue weighted by molar-refractivity contribution is 6.21. The predicted octanol–water partition coefficient (Wildman–Crippen LogP) is 2.13. The molecule has 1 atom stereocenters. The van der Waals surface area contributed by atoms with Crippen molar-refractivity contribution >= 4 is 35.5 Å². The molecule has 0 aromatic carbocycles. The molecule has 1 aliphatic rings. The van der Waals surface area contributed by atoms with Gasteiger partial charge in [-0.25, -0.2) is 14.8 Å². The molecule has 0 radical (unpaired) electrons. The van der Waals surface area contributed by atoms with Gasteiger partial charge in [-0.1, -0.05) is 0 Å². The molecule has 124 valence electrons. The van der Waals surface area contributed by atoms with Crippen molar-refractivity contribution in [2.75, 3.05) is 11.9 Å². The number of carboxylic acids is 1. The number of rotatable bonds is 5. The lowest BCUT2D eigenvalue weighted by molar-refractivity contribution is 0.0694. The SMILES string of the molecule is CC(CO)Nc1oc(C=C2C=Nc3ncccc32)c(O)c1C(=O)O. The van der Waals surface area contributed by atoms with Gasteiger partial charge in [-0.15, -0.1) is 0 Å². The van der Waals surface area contributed by atoms with Gasteiger partial charge in [-0.2, -0.15) is 0 Å². The first-order chi connectivity index (χ1) is 11.5. The molecular formula is C16H15N3O5. The molecule has 4 N–H and O–H groups in total. The molecular weight excluding hydrogens is 314 g/mol. The van der Waals surface area contributed by atoms with E-state index < -0.39 is 17.8 Å². The minimum atomic E-state index is -1.34. The number of aliphatic hydroxyl groups excluding tert-OH is 1. The average Bonchev–Trinajstić information content (AvgIpc) is 3.09. The number of fused-ring (bicyclic) bond motifs is 1. The molecule has 8 nitrogen and oxygen atoms in total. The summed E-state index contributed by atoms with van der Waals surface area (Å²) in [5.41, 5.74) is 1.01. The van der Waals surface area contributed by atoms with Gasteiger partial charge >= 0.3 is 5.97 Å². The number of aromatic carboxylic acids is 1. The van der Waals surface area contributed by atoms with Crippen LogP contribution in [-0.4, -0.2) is 45.1 Å². The molecule has 3 heterocycles. The van der Waals surface area contributed by atoms with Crippen LogP contribution in [0.4, 0.5) is 11.7 Å². The van der Waals surface area contributed by atoms with Crippen LogP contribution in [-0.2, 0) is 0 Å². The molecule has 0 saturated carbocycles.